The Hall–Kier alpha value is -3.62. The van der Waals surface area contributed by atoms with E-state index in [0.717, 1.165) is 11.4 Å². The van der Waals surface area contributed by atoms with E-state index < -0.39 is 0 Å². The van der Waals surface area contributed by atoms with Gasteiger partial charge < -0.3 is 5.32 Å². The summed E-state index contributed by atoms with van der Waals surface area (Å²) >= 11 is 1.89. The Kier molecular flexibility index (Phi) is 4.03. The fourth-order valence-electron chi connectivity index (χ4n) is 4.24. The van der Waals surface area contributed by atoms with Crippen molar-refractivity contribution < 1.29 is 0 Å². The van der Waals surface area contributed by atoms with Crippen molar-refractivity contribution in [2.45, 2.75) is 0 Å². The zero-order valence-electron chi connectivity index (χ0n) is 16.3. The van der Waals surface area contributed by atoms with Crippen molar-refractivity contribution in [3.8, 4) is 11.1 Å². The first kappa shape index (κ1) is 17.3. The average Bonchev–Trinajstić information content (AvgIpc) is 3.19. The van der Waals surface area contributed by atoms with E-state index in [9.17, 15) is 0 Å². The van der Waals surface area contributed by atoms with Gasteiger partial charge in [-0.15, -0.1) is 11.3 Å². The summed E-state index contributed by atoms with van der Waals surface area (Å²) in [4.78, 5) is 0. The molecule has 1 N–H and O–H groups in total. The van der Waals surface area contributed by atoms with Gasteiger partial charge in [-0.25, -0.2) is 0 Å². The molecule has 6 aromatic rings. The molecule has 0 bridgehead atoms. The first-order chi connectivity index (χ1) is 14.9. The van der Waals surface area contributed by atoms with Gasteiger partial charge >= 0.3 is 0 Å². The maximum Gasteiger partial charge on any atom is 0.0440 e. The highest BCUT2D eigenvalue weighted by Crippen LogP contribution is 2.44. The molecule has 142 valence electrons. The zero-order chi connectivity index (χ0) is 19.9. The molecule has 5 aromatic carbocycles. The highest BCUT2D eigenvalue weighted by Gasteiger charge is 2.14. The molecule has 0 aliphatic heterocycles. The second kappa shape index (κ2) is 7.01. The van der Waals surface area contributed by atoms with Crippen LogP contribution in [0.3, 0.4) is 0 Å². The van der Waals surface area contributed by atoms with Gasteiger partial charge in [-0.2, -0.15) is 0 Å². The van der Waals surface area contributed by atoms with E-state index in [1.165, 1.54) is 42.1 Å². The number of hydrogen-bond acceptors (Lipinski definition) is 2. The molecule has 0 spiro atoms. The molecule has 6 rings (SSSR count). The largest absolute Gasteiger partial charge is 0.356 e. The lowest BCUT2D eigenvalue weighted by molar-refractivity contribution is 1.55. The first-order valence-electron chi connectivity index (χ1n) is 10.1. The van der Waals surface area contributed by atoms with E-state index in [-0.39, 0.29) is 0 Å². The SMILES string of the molecule is c1ccc(Nc2cccc(-c3cc4ccccc4c4sc5ccccc5c34)c2)cc1. The number of para-hydroxylation sites is 1. The monoisotopic (exact) mass is 401 g/mol. The molecular weight excluding hydrogens is 382 g/mol. The van der Waals surface area contributed by atoms with Crippen molar-refractivity contribution >= 4 is 53.7 Å². The van der Waals surface area contributed by atoms with Crippen molar-refractivity contribution in [3.63, 3.8) is 0 Å². The number of benzene rings is 5. The van der Waals surface area contributed by atoms with Crippen LogP contribution in [0.25, 0.3) is 42.1 Å². The lowest BCUT2D eigenvalue weighted by atomic mass is 9.95. The van der Waals surface area contributed by atoms with Gasteiger partial charge in [-0.05, 0) is 58.3 Å². The molecule has 1 nitrogen and oxygen atoms in total. The predicted molar refractivity (Wildman–Crippen MR) is 132 cm³/mol. The Morgan fingerprint density at radius 1 is 0.567 bits per heavy atom. The molecular formula is C28H19NS. The van der Waals surface area contributed by atoms with Crippen LogP contribution < -0.4 is 5.32 Å². The fourth-order valence-corrected chi connectivity index (χ4v) is 5.50. The molecule has 0 amide bonds. The van der Waals surface area contributed by atoms with Crippen LogP contribution in [0.2, 0.25) is 0 Å². The van der Waals surface area contributed by atoms with Gasteiger partial charge in [0.1, 0.15) is 0 Å². The summed E-state index contributed by atoms with van der Waals surface area (Å²) in [7, 11) is 0. The van der Waals surface area contributed by atoms with Crippen LogP contribution in [-0.4, -0.2) is 0 Å². The molecule has 0 aliphatic rings. The van der Waals surface area contributed by atoms with Gasteiger partial charge in [0.05, 0.1) is 0 Å². The minimum absolute atomic E-state index is 1.10. The number of nitrogens with one attached hydrogen (secondary N) is 1. The summed E-state index contributed by atoms with van der Waals surface area (Å²) < 4.78 is 2.70. The van der Waals surface area contributed by atoms with Crippen LogP contribution in [0.5, 0.6) is 0 Å². The Balaban J connectivity index is 1.61. The third-order valence-electron chi connectivity index (χ3n) is 5.61. The van der Waals surface area contributed by atoms with Crippen molar-refractivity contribution in [1.29, 1.82) is 0 Å². The Morgan fingerprint density at radius 3 is 2.20 bits per heavy atom. The third-order valence-corrected chi connectivity index (χ3v) is 6.81. The number of fused-ring (bicyclic) bond motifs is 5. The van der Waals surface area contributed by atoms with Crippen molar-refractivity contribution in [2.75, 3.05) is 5.32 Å². The van der Waals surface area contributed by atoms with Crippen molar-refractivity contribution in [3.05, 3.63) is 109 Å². The molecule has 0 saturated heterocycles. The normalized spacial score (nSPS) is 11.3. The molecule has 1 aromatic heterocycles. The van der Waals surface area contributed by atoms with Crippen LogP contribution in [-0.2, 0) is 0 Å². The molecule has 1 heterocycles. The first-order valence-corrected chi connectivity index (χ1v) is 10.9. The van der Waals surface area contributed by atoms with E-state index in [1.54, 1.807) is 0 Å². The second-order valence-corrected chi connectivity index (χ2v) is 8.57. The predicted octanol–water partition coefficient (Wildman–Crippen LogP) is 8.62. The molecule has 0 unspecified atom stereocenters. The van der Waals surface area contributed by atoms with Crippen LogP contribution in [0.15, 0.2) is 109 Å². The summed E-state index contributed by atoms with van der Waals surface area (Å²) in [5, 5.41) is 8.83. The maximum atomic E-state index is 3.53. The summed E-state index contributed by atoms with van der Waals surface area (Å²) in [6.45, 7) is 0. The lowest BCUT2D eigenvalue weighted by Crippen LogP contribution is -1.90. The zero-order valence-corrected chi connectivity index (χ0v) is 17.1. The highest BCUT2D eigenvalue weighted by atomic mass is 32.1. The van der Waals surface area contributed by atoms with E-state index in [0.29, 0.717) is 0 Å². The Morgan fingerprint density at radius 2 is 1.30 bits per heavy atom. The molecule has 0 saturated carbocycles. The summed E-state index contributed by atoms with van der Waals surface area (Å²) in [6.07, 6.45) is 0. The van der Waals surface area contributed by atoms with E-state index in [1.807, 2.05) is 17.4 Å². The van der Waals surface area contributed by atoms with Gasteiger partial charge in [0.2, 0.25) is 0 Å². The summed E-state index contributed by atoms with van der Waals surface area (Å²) in [5.74, 6) is 0. The smallest absolute Gasteiger partial charge is 0.0440 e. The molecule has 0 atom stereocenters. The Labute approximate surface area is 179 Å². The molecule has 0 fully saturated rings. The maximum absolute atomic E-state index is 3.53. The standard InChI is InChI=1S/C28H19NS/c1-2-11-21(12-3-1)29-22-13-8-10-19(17-22)25-18-20-9-4-5-14-23(20)28-27(25)24-15-6-7-16-26(24)30-28/h1-18,29H. The van der Waals surface area contributed by atoms with Crippen LogP contribution >= 0.6 is 11.3 Å². The van der Waals surface area contributed by atoms with Crippen LogP contribution in [0.4, 0.5) is 11.4 Å². The van der Waals surface area contributed by atoms with Crippen LogP contribution in [0, 0.1) is 0 Å². The minimum atomic E-state index is 1.10. The average molecular weight is 402 g/mol. The van der Waals surface area contributed by atoms with Gasteiger partial charge in [-0.3, -0.25) is 0 Å². The lowest BCUT2D eigenvalue weighted by Gasteiger charge is -2.11. The number of rotatable bonds is 3. The van der Waals surface area contributed by atoms with E-state index in [2.05, 4.69) is 108 Å². The molecule has 0 aliphatic carbocycles. The summed E-state index contributed by atoms with van der Waals surface area (Å²) in [5.41, 5.74) is 4.71. The van der Waals surface area contributed by atoms with Crippen LogP contribution in [0.1, 0.15) is 0 Å². The van der Waals surface area contributed by atoms with Gasteiger partial charge in [0.25, 0.3) is 0 Å². The molecule has 30 heavy (non-hydrogen) atoms. The highest BCUT2D eigenvalue weighted by molar-refractivity contribution is 7.26. The number of anilines is 2. The molecule has 0 radical (unpaired) electrons. The number of thiophene rings is 1. The van der Waals surface area contributed by atoms with E-state index in [4.69, 9.17) is 0 Å². The van der Waals surface area contributed by atoms with E-state index >= 15 is 0 Å². The van der Waals surface area contributed by atoms with Gasteiger partial charge in [0.15, 0.2) is 0 Å². The quantitative estimate of drug-likeness (QED) is 0.313. The van der Waals surface area contributed by atoms with Crippen molar-refractivity contribution in [2.24, 2.45) is 0 Å². The summed E-state index contributed by atoms with van der Waals surface area (Å²) in [6, 6.07) is 38.9. The minimum Gasteiger partial charge on any atom is -0.356 e. The second-order valence-electron chi connectivity index (χ2n) is 7.52. The third kappa shape index (κ3) is 2.85. The number of hydrogen-bond donors (Lipinski definition) is 1. The van der Waals surface area contributed by atoms with Gasteiger partial charge in [0, 0.05) is 31.5 Å². The Bertz CT molecular complexity index is 1510. The topological polar surface area (TPSA) is 12.0 Å². The fraction of sp³-hybridized carbons (Fsp3) is 0. The van der Waals surface area contributed by atoms with Crippen molar-refractivity contribution in [1.82, 2.24) is 0 Å². The van der Waals surface area contributed by atoms with Gasteiger partial charge in [-0.1, -0.05) is 72.8 Å². The molecule has 2 heteroatoms.